The largest absolute Gasteiger partial charge is 0.365 e. The molecule has 1 rings (SSSR count). The predicted molar refractivity (Wildman–Crippen MR) is 80.1 cm³/mol. The number of nitrogens with one attached hydrogen (secondary N) is 1. The van der Waals surface area contributed by atoms with Gasteiger partial charge in [-0.2, -0.15) is 0 Å². The zero-order valence-electron chi connectivity index (χ0n) is 13.0. The summed E-state index contributed by atoms with van der Waals surface area (Å²) in [5, 5.41) is 3.44. The van der Waals surface area contributed by atoms with E-state index in [4.69, 9.17) is 0 Å². The molecule has 1 aromatic heterocycles. The van der Waals surface area contributed by atoms with Gasteiger partial charge in [-0.15, -0.1) is 0 Å². The first-order valence-electron chi connectivity index (χ1n) is 6.85. The molecule has 0 radical (unpaired) electrons. The Morgan fingerprint density at radius 2 is 1.78 bits per heavy atom. The summed E-state index contributed by atoms with van der Waals surface area (Å²) in [6, 6.07) is 4.32. The zero-order chi connectivity index (χ0) is 14.0. The Kier molecular flexibility index (Phi) is 4.41. The Morgan fingerprint density at radius 3 is 2.28 bits per heavy atom. The molecule has 0 aliphatic heterocycles. The lowest BCUT2D eigenvalue weighted by Crippen LogP contribution is -2.27. The summed E-state index contributed by atoms with van der Waals surface area (Å²) in [4.78, 5) is 4.41. The average molecular weight is 248 g/mol. The van der Waals surface area contributed by atoms with Gasteiger partial charge in [-0.05, 0) is 56.2 Å². The van der Waals surface area contributed by atoms with E-state index in [1.54, 1.807) is 0 Å². The fraction of sp³-hybridized carbons (Fsp3) is 0.688. The van der Waals surface area contributed by atoms with Crippen LogP contribution < -0.4 is 5.32 Å². The topological polar surface area (TPSA) is 24.9 Å². The number of anilines is 1. The smallest absolute Gasteiger partial charge is 0.126 e. The Morgan fingerprint density at radius 1 is 1.17 bits per heavy atom. The molecule has 0 unspecified atom stereocenters. The molecule has 18 heavy (non-hydrogen) atoms. The van der Waals surface area contributed by atoms with Crippen molar-refractivity contribution in [3.05, 3.63) is 23.9 Å². The summed E-state index contributed by atoms with van der Waals surface area (Å²) in [6.45, 7) is 15.6. The zero-order valence-corrected chi connectivity index (χ0v) is 13.0. The average Bonchev–Trinajstić information content (AvgIpc) is 2.13. The molecule has 0 saturated carbocycles. The SMILES string of the molecule is CC(C)CC(C)(C)c1ccnc(NC(C)(C)C)c1. The summed E-state index contributed by atoms with van der Waals surface area (Å²) >= 11 is 0. The molecule has 0 aliphatic carbocycles. The monoisotopic (exact) mass is 248 g/mol. The molecular weight excluding hydrogens is 220 g/mol. The van der Waals surface area contributed by atoms with Crippen LogP contribution in [0.25, 0.3) is 0 Å². The van der Waals surface area contributed by atoms with E-state index >= 15 is 0 Å². The van der Waals surface area contributed by atoms with Gasteiger partial charge in [-0.3, -0.25) is 0 Å². The maximum Gasteiger partial charge on any atom is 0.126 e. The van der Waals surface area contributed by atoms with Crippen molar-refractivity contribution >= 4 is 5.82 Å². The van der Waals surface area contributed by atoms with Crippen molar-refractivity contribution in [2.75, 3.05) is 5.32 Å². The molecule has 102 valence electrons. The quantitative estimate of drug-likeness (QED) is 0.841. The molecule has 2 heteroatoms. The van der Waals surface area contributed by atoms with Gasteiger partial charge in [0, 0.05) is 11.7 Å². The van der Waals surface area contributed by atoms with Gasteiger partial charge < -0.3 is 5.32 Å². The van der Waals surface area contributed by atoms with Crippen molar-refractivity contribution < 1.29 is 0 Å². The second-order valence-corrected chi connectivity index (χ2v) is 7.29. The van der Waals surface area contributed by atoms with Crippen LogP contribution in [0, 0.1) is 5.92 Å². The third-order valence-corrected chi connectivity index (χ3v) is 2.96. The number of nitrogens with zero attached hydrogens (tertiary/aromatic N) is 1. The van der Waals surface area contributed by atoms with Crippen LogP contribution in [0.1, 0.15) is 60.5 Å². The Hall–Kier alpha value is -1.05. The highest BCUT2D eigenvalue weighted by molar-refractivity contribution is 5.41. The molecule has 0 amide bonds. The maximum absolute atomic E-state index is 4.41. The maximum atomic E-state index is 4.41. The van der Waals surface area contributed by atoms with Crippen LogP contribution in [0.4, 0.5) is 5.82 Å². The van der Waals surface area contributed by atoms with E-state index in [-0.39, 0.29) is 11.0 Å². The van der Waals surface area contributed by atoms with Crippen molar-refractivity contribution in [1.29, 1.82) is 0 Å². The van der Waals surface area contributed by atoms with Crippen molar-refractivity contribution in [2.45, 2.75) is 65.8 Å². The second kappa shape index (κ2) is 5.29. The van der Waals surface area contributed by atoms with E-state index in [1.807, 2.05) is 6.20 Å². The summed E-state index contributed by atoms with van der Waals surface area (Å²) < 4.78 is 0. The molecule has 2 nitrogen and oxygen atoms in total. The summed E-state index contributed by atoms with van der Waals surface area (Å²) in [7, 11) is 0. The Labute approximate surface area is 112 Å². The molecule has 1 aromatic rings. The Balaban J connectivity index is 2.94. The van der Waals surface area contributed by atoms with Crippen LogP contribution in [0.2, 0.25) is 0 Å². The van der Waals surface area contributed by atoms with E-state index in [0.29, 0.717) is 5.92 Å². The van der Waals surface area contributed by atoms with Crippen molar-refractivity contribution in [1.82, 2.24) is 4.98 Å². The minimum atomic E-state index is 0.0494. The van der Waals surface area contributed by atoms with Gasteiger partial charge in [0.15, 0.2) is 0 Å². The van der Waals surface area contributed by atoms with E-state index in [2.05, 4.69) is 70.9 Å². The molecular formula is C16H28N2. The normalized spacial score (nSPS) is 12.9. The summed E-state index contributed by atoms with van der Waals surface area (Å²) in [5.74, 6) is 1.67. The van der Waals surface area contributed by atoms with Crippen LogP contribution in [-0.2, 0) is 5.41 Å². The second-order valence-electron chi connectivity index (χ2n) is 7.29. The first-order chi connectivity index (χ1) is 8.10. The van der Waals surface area contributed by atoms with Crippen molar-refractivity contribution in [3.63, 3.8) is 0 Å². The summed E-state index contributed by atoms with van der Waals surface area (Å²) in [5.41, 5.74) is 1.61. The highest BCUT2D eigenvalue weighted by Gasteiger charge is 2.22. The van der Waals surface area contributed by atoms with Gasteiger partial charge in [0.1, 0.15) is 5.82 Å². The first kappa shape index (κ1) is 15.0. The van der Waals surface area contributed by atoms with Gasteiger partial charge in [-0.1, -0.05) is 27.7 Å². The third-order valence-electron chi connectivity index (χ3n) is 2.96. The van der Waals surface area contributed by atoms with Crippen LogP contribution in [0.15, 0.2) is 18.3 Å². The summed E-state index contributed by atoms with van der Waals surface area (Å²) in [6.07, 6.45) is 3.09. The standard InChI is InChI=1S/C16H28N2/c1-12(2)11-16(6,7)13-8-9-17-14(10-13)18-15(3,4)5/h8-10,12H,11H2,1-7H3,(H,17,18). The molecule has 0 bridgehead atoms. The fourth-order valence-electron chi connectivity index (χ4n) is 2.44. The molecule has 0 spiro atoms. The molecule has 1 N–H and O–H groups in total. The lowest BCUT2D eigenvalue weighted by molar-refractivity contribution is 0.399. The van der Waals surface area contributed by atoms with Gasteiger partial charge in [0.2, 0.25) is 0 Å². The van der Waals surface area contributed by atoms with Crippen LogP contribution in [0.3, 0.4) is 0 Å². The molecule has 0 aliphatic rings. The molecule has 0 atom stereocenters. The minimum absolute atomic E-state index is 0.0494. The highest BCUT2D eigenvalue weighted by Crippen LogP contribution is 2.31. The minimum Gasteiger partial charge on any atom is -0.365 e. The number of hydrogen-bond donors (Lipinski definition) is 1. The van der Waals surface area contributed by atoms with Crippen LogP contribution in [0.5, 0.6) is 0 Å². The van der Waals surface area contributed by atoms with E-state index < -0.39 is 0 Å². The third kappa shape index (κ3) is 4.67. The van der Waals surface area contributed by atoms with Gasteiger partial charge >= 0.3 is 0 Å². The predicted octanol–water partition coefficient (Wildman–Crippen LogP) is 4.62. The molecule has 0 fully saturated rings. The number of rotatable bonds is 4. The Bertz CT molecular complexity index is 386. The van der Waals surface area contributed by atoms with Crippen molar-refractivity contribution in [3.8, 4) is 0 Å². The van der Waals surface area contributed by atoms with E-state index in [9.17, 15) is 0 Å². The van der Waals surface area contributed by atoms with Gasteiger partial charge in [-0.25, -0.2) is 4.98 Å². The van der Waals surface area contributed by atoms with E-state index in [0.717, 1.165) is 5.82 Å². The number of aromatic nitrogens is 1. The van der Waals surface area contributed by atoms with Gasteiger partial charge in [0.25, 0.3) is 0 Å². The van der Waals surface area contributed by atoms with Crippen molar-refractivity contribution in [2.24, 2.45) is 5.92 Å². The van der Waals surface area contributed by atoms with Crippen LogP contribution >= 0.6 is 0 Å². The first-order valence-corrected chi connectivity index (χ1v) is 6.85. The fourth-order valence-corrected chi connectivity index (χ4v) is 2.44. The van der Waals surface area contributed by atoms with Gasteiger partial charge in [0.05, 0.1) is 0 Å². The molecule has 0 aromatic carbocycles. The number of pyridine rings is 1. The lowest BCUT2D eigenvalue weighted by atomic mass is 9.78. The highest BCUT2D eigenvalue weighted by atomic mass is 15.0. The van der Waals surface area contributed by atoms with E-state index in [1.165, 1.54) is 12.0 Å². The molecule has 1 heterocycles. The lowest BCUT2D eigenvalue weighted by Gasteiger charge is -2.28. The number of hydrogen-bond acceptors (Lipinski definition) is 2. The van der Waals surface area contributed by atoms with Crippen LogP contribution in [-0.4, -0.2) is 10.5 Å². The molecule has 0 saturated heterocycles.